The van der Waals surface area contributed by atoms with Crippen molar-refractivity contribution in [2.45, 2.75) is 48.7 Å². The van der Waals surface area contributed by atoms with Crippen molar-refractivity contribution in [1.82, 2.24) is 0 Å². The highest BCUT2D eigenvalue weighted by atomic mass is 32.1. The summed E-state index contributed by atoms with van der Waals surface area (Å²) in [5.41, 5.74) is -0.378. The first kappa shape index (κ1) is 26.2. The lowest BCUT2D eigenvalue weighted by atomic mass is 9.92. The minimum absolute atomic E-state index is 0.174. The molecule has 25 heavy (non-hydrogen) atoms. The monoisotopic (exact) mass is 432 g/mol. The molecule has 0 aromatic carbocycles. The van der Waals surface area contributed by atoms with Gasteiger partial charge in [-0.05, 0) is 0 Å². The van der Waals surface area contributed by atoms with Crippen molar-refractivity contribution in [3.05, 3.63) is 0 Å². The summed E-state index contributed by atoms with van der Waals surface area (Å²) in [6, 6.07) is 0. The Balaban J connectivity index is 4.85. The van der Waals surface area contributed by atoms with Gasteiger partial charge in [-0.15, -0.1) is 0 Å². The molecule has 0 spiro atoms. The van der Waals surface area contributed by atoms with Crippen LogP contribution < -0.4 is 0 Å². The molecule has 0 bridgehead atoms. The summed E-state index contributed by atoms with van der Waals surface area (Å²) in [5.74, 6) is 0. The molecule has 0 aliphatic rings. The van der Waals surface area contributed by atoms with Gasteiger partial charge in [0, 0.05) is 21.0 Å². The van der Waals surface area contributed by atoms with Gasteiger partial charge in [0.15, 0.2) is 0 Å². The van der Waals surface area contributed by atoms with Crippen molar-refractivity contribution in [3.8, 4) is 0 Å². The third kappa shape index (κ3) is 15.9. The smallest absolute Gasteiger partial charge is 0.0637 e. The maximum Gasteiger partial charge on any atom is 0.0637 e. The molecule has 0 radical (unpaired) electrons. The maximum atomic E-state index is 5.86. The normalized spacial score (nSPS) is 19.2. The van der Waals surface area contributed by atoms with Crippen molar-refractivity contribution in [2.24, 2.45) is 5.41 Å². The molecule has 0 amide bonds. The summed E-state index contributed by atoms with van der Waals surface area (Å²) in [4.78, 5) is 0. The van der Waals surface area contributed by atoms with Crippen LogP contribution >= 0.6 is 50.5 Å². The third-order valence-electron chi connectivity index (χ3n) is 3.07. The maximum absolute atomic E-state index is 5.86. The first-order valence-corrected chi connectivity index (χ1v) is 10.8. The van der Waals surface area contributed by atoms with E-state index in [2.05, 4.69) is 50.5 Å². The van der Waals surface area contributed by atoms with Gasteiger partial charge in [-0.1, -0.05) is 27.7 Å². The van der Waals surface area contributed by atoms with Gasteiger partial charge in [-0.2, -0.15) is 50.5 Å². The Morgan fingerprint density at radius 3 is 0.880 bits per heavy atom. The molecular formula is C17H36O4S4. The largest absolute Gasteiger partial charge is 0.379 e. The number of thiol groups is 4. The van der Waals surface area contributed by atoms with Gasteiger partial charge < -0.3 is 18.9 Å². The summed E-state index contributed by atoms with van der Waals surface area (Å²) in [5, 5.41) is 0.696. The fourth-order valence-electron chi connectivity index (χ4n) is 2.03. The van der Waals surface area contributed by atoms with Crippen molar-refractivity contribution in [3.63, 3.8) is 0 Å². The van der Waals surface area contributed by atoms with Gasteiger partial charge in [0.2, 0.25) is 0 Å². The standard InChI is InChI=1S/C17H36O4S4/c1-13(22)5-18-9-17(10-19-6-14(2)23,11-20-7-15(3)24)12-21-8-16(4)25/h13-16,22-25H,5-12H2,1-4H3. The first-order chi connectivity index (χ1) is 11.7. The Bertz CT molecular complexity index is 254. The van der Waals surface area contributed by atoms with E-state index in [0.29, 0.717) is 52.9 Å². The lowest BCUT2D eigenvalue weighted by molar-refractivity contribution is -0.105. The third-order valence-corrected chi connectivity index (χ3v) is 3.67. The molecule has 4 unspecified atom stereocenters. The van der Waals surface area contributed by atoms with Crippen LogP contribution in [-0.4, -0.2) is 73.9 Å². The lowest BCUT2D eigenvalue weighted by Gasteiger charge is -2.34. The molecule has 0 heterocycles. The minimum Gasteiger partial charge on any atom is -0.379 e. The Hall–Kier alpha value is 1.24. The summed E-state index contributed by atoms with van der Waals surface area (Å²) in [6.07, 6.45) is 0. The fraction of sp³-hybridized carbons (Fsp3) is 1.00. The zero-order valence-electron chi connectivity index (χ0n) is 15.9. The number of ether oxygens (including phenoxy) is 4. The second-order valence-corrected chi connectivity index (χ2v) is 10.5. The Kier molecular flexibility index (Phi) is 15.9. The molecule has 8 heteroatoms. The molecule has 4 nitrogen and oxygen atoms in total. The summed E-state index contributed by atoms with van der Waals surface area (Å²) in [6.45, 7) is 12.2. The van der Waals surface area contributed by atoms with Crippen molar-refractivity contribution < 1.29 is 18.9 Å². The molecule has 0 aliphatic carbocycles. The summed E-state index contributed by atoms with van der Waals surface area (Å²) in [7, 11) is 0. The van der Waals surface area contributed by atoms with Gasteiger partial charge >= 0.3 is 0 Å². The molecule has 0 rings (SSSR count). The number of rotatable bonds is 16. The zero-order valence-corrected chi connectivity index (χ0v) is 19.5. The number of hydrogen-bond donors (Lipinski definition) is 4. The summed E-state index contributed by atoms with van der Waals surface area (Å²) >= 11 is 17.5. The molecule has 0 N–H and O–H groups in total. The van der Waals surface area contributed by atoms with Crippen LogP contribution in [0.5, 0.6) is 0 Å². The quantitative estimate of drug-likeness (QED) is 0.282. The second-order valence-electron chi connectivity index (χ2n) is 6.96. The fourth-order valence-corrected chi connectivity index (χ4v) is 2.46. The highest BCUT2D eigenvalue weighted by Crippen LogP contribution is 2.22. The van der Waals surface area contributed by atoms with E-state index in [0.717, 1.165) is 0 Å². The molecule has 0 fully saturated rings. The lowest BCUT2D eigenvalue weighted by Crippen LogP contribution is -2.43. The summed E-state index contributed by atoms with van der Waals surface area (Å²) < 4.78 is 23.4. The van der Waals surface area contributed by atoms with E-state index in [4.69, 9.17) is 18.9 Å². The van der Waals surface area contributed by atoms with Crippen molar-refractivity contribution >= 4 is 50.5 Å². The van der Waals surface area contributed by atoms with E-state index in [1.165, 1.54) is 0 Å². The topological polar surface area (TPSA) is 36.9 Å². The number of hydrogen-bond acceptors (Lipinski definition) is 8. The first-order valence-electron chi connectivity index (χ1n) is 8.70. The minimum atomic E-state index is -0.378. The molecule has 152 valence electrons. The van der Waals surface area contributed by atoms with Crippen LogP contribution in [0.25, 0.3) is 0 Å². The predicted molar refractivity (Wildman–Crippen MR) is 120 cm³/mol. The zero-order chi connectivity index (χ0) is 19.3. The van der Waals surface area contributed by atoms with Gasteiger partial charge in [-0.25, -0.2) is 0 Å². The van der Waals surface area contributed by atoms with E-state index in [1.54, 1.807) is 0 Å². The van der Waals surface area contributed by atoms with Gasteiger partial charge in [-0.3, -0.25) is 0 Å². The van der Waals surface area contributed by atoms with Crippen LogP contribution in [0.4, 0.5) is 0 Å². The van der Waals surface area contributed by atoms with E-state index in [-0.39, 0.29) is 26.4 Å². The van der Waals surface area contributed by atoms with Crippen LogP contribution in [0, 0.1) is 5.41 Å². The average Bonchev–Trinajstić information content (AvgIpc) is 2.45. The average molecular weight is 433 g/mol. The Morgan fingerprint density at radius 1 is 0.520 bits per heavy atom. The highest BCUT2D eigenvalue weighted by Gasteiger charge is 2.33. The van der Waals surface area contributed by atoms with E-state index < -0.39 is 0 Å². The molecule has 0 aromatic rings. The van der Waals surface area contributed by atoms with Gasteiger partial charge in [0.25, 0.3) is 0 Å². The SMILES string of the molecule is CC(S)COCC(COCC(C)S)(COCC(C)S)COCC(C)S. The van der Waals surface area contributed by atoms with Crippen LogP contribution in [0.3, 0.4) is 0 Å². The van der Waals surface area contributed by atoms with E-state index in [9.17, 15) is 0 Å². The van der Waals surface area contributed by atoms with Crippen LogP contribution in [-0.2, 0) is 18.9 Å². The Labute approximate surface area is 176 Å². The second kappa shape index (κ2) is 15.2. The van der Waals surface area contributed by atoms with E-state index >= 15 is 0 Å². The molecule has 0 aliphatic heterocycles. The molecular weight excluding hydrogens is 396 g/mol. The van der Waals surface area contributed by atoms with Gasteiger partial charge in [0.1, 0.15) is 0 Å². The molecule has 4 atom stereocenters. The van der Waals surface area contributed by atoms with E-state index in [1.807, 2.05) is 27.7 Å². The van der Waals surface area contributed by atoms with Gasteiger partial charge in [0.05, 0.1) is 58.3 Å². The van der Waals surface area contributed by atoms with Crippen molar-refractivity contribution in [1.29, 1.82) is 0 Å². The van der Waals surface area contributed by atoms with Crippen LogP contribution in [0.2, 0.25) is 0 Å². The highest BCUT2D eigenvalue weighted by molar-refractivity contribution is 7.81. The van der Waals surface area contributed by atoms with Crippen molar-refractivity contribution in [2.75, 3.05) is 52.9 Å². The van der Waals surface area contributed by atoms with Crippen LogP contribution in [0.1, 0.15) is 27.7 Å². The molecule has 0 saturated carbocycles. The van der Waals surface area contributed by atoms with Crippen LogP contribution in [0.15, 0.2) is 0 Å². The Morgan fingerprint density at radius 2 is 0.720 bits per heavy atom. The molecule has 0 aromatic heterocycles. The molecule has 0 saturated heterocycles. The predicted octanol–water partition coefficient (Wildman–Crippen LogP) is 3.31.